The summed E-state index contributed by atoms with van der Waals surface area (Å²) in [6.45, 7) is -1.08. The van der Waals surface area contributed by atoms with Crippen molar-refractivity contribution in [3.63, 3.8) is 0 Å². The molecule has 1 aromatic heterocycles. The minimum Gasteiger partial charge on any atom is -0.328 e. The molecule has 7 nitrogen and oxygen atoms in total. The van der Waals surface area contributed by atoms with Gasteiger partial charge in [-0.1, -0.05) is 0 Å². The van der Waals surface area contributed by atoms with E-state index in [0.717, 1.165) is 0 Å². The van der Waals surface area contributed by atoms with Crippen LogP contribution in [0.15, 0.2) is 0 Å². The number of hydrogen-bond acceptors (Lipinski definition) is 5. The van der Waals surface area contributed by atoms with E-state index in [-0.39, 0.29) is 29.0 Å². The highest BCUT2D eigenvalue weighted by Gasteiger charge is 2.68. The molecule has 1 aliphatic heterocycles. The lowest BCUT2D eigenvalue weighted by molar-refractivity contribution is -0.198. The van der Waals surface area contributed by atoms with Crippen molar-refractivity contribution < 1.29 is 41.2 Å². The molecular weight excluding hydrogens is 369 g/mol. The highest BCUT2D eigenvalue weighted by molar-refractivity contribution is 6.01. The van der Waals surface area contributed by atoms with Crippen molar-refractivity contribution in [3.05, 3.63) is 17.0 Å². The quantitative estimate of drug-likeness (QED) is 0.590. The van der Waals surface area contributed by atoms with Crippen LogP contribution in [0.25, 0.3) is 0 Å². The number of alkyl halides is 5. The molecule has 0 spiro atoms. The Labute approximate surface area is 141 Å². The number of carbonyl (C=O) groups is 3. The summed E-state index contributed by atoms with van der Waals surface area (Å²) < 4.78 is 68.3. The molecule has 0 aromatic carbocycles. The Kier molecular flexibility index (Phi) is 3.26. The van der Waals surface area contributed by atoms with E-state index in [2.05, 4.69) is 9.94 Å². The van der Waals surface area contributed by atoms with Crippen molar-refractivity contribution >= 4 is 17.8 Å². The van der Waals surface area contributed by atoms with Crippen molar-refractivity contribution in [1.82, 2.24) is 14.8 Å². The summed E-state index contributed by atoms with van der Waals surface area (Å²) in [5.74, 6) is -8.66. The first-order valence-electron chi connectivity index (χ1n) is 7.64. The maximum absolute atomic E-state index is 14.3. The Bertz CT molecular complexity index is 830. The van der Waals surface area contributed by atoms with Gasteiger partial charge in [-0.3, -0.25) is 14.3 Å². The van der Waals surface area contributed by atoms with Crippen molar-refractivity contribution in [2.45, 2.75) is 43.8 Å². The fraction of sp³-hybridized carbons (Fsp3) is 0.571. The SMILES string of the molecule is O=C(Cn1nc(C(F)(F)F)c2c1C(F)(F)C1C[C@H]21)ON1C(=O)CCC1=O. The van der Waals surface area contributed by atoms with Crippen LogP contribution in [0.3, 0.4) is 0 Å². The minimum absolute atomic E-state index is 0.0734. The third-order valence-electron chi connectivity index (χ3n) is 4.68. The Morgan fingerprint density at radius 1 is 1.23 bits per heavy atom. The van der Waals surface area contributed by atoms with Gasteiger partial charge in [-0.05, 0) is 12.3 Å². The third-order valence-corrected chi connectivity index (χ3v) is 4.68. The van der Waals surface area contributed by atoms with Crippen LogP contribution in [0.4, 0.5) is 22.0 Å². The normalized spacial score (nSPS) is 26.1. The maximum atomic E-state index is 14.3. The highest BCUT2D eigenvalue weighted by atomic mass is 19.4. The Balaban J connectivity index is 1.64. The van der Waals surface area contributed by atoms with Crippen molar-refractivity contribution in [3.8, 4) is 0 Å². The Hall–Kier alpha value is -2.53. The van der Waals surface area contributed by atoms with Crippen molar-refractivity contribution in [2.75, 3.05) is 0 Å². The van der Waals surface area contributed by atoms with Gasteiger partial charge in [-0.25, -0.2) is 4.79 Å². The molecule has 2 amide bonds. The lowest BCUT2D eigenvalue weighted by Gasteiger charge is -2.16. The molecule has 4 rings (SSSR count). The molecule has 0 N–H and O–H groups in total. The molecule has 2 heterocycles. The number of nitrogens with zero attached hydrogens (tertiary/aromatic N) is 3. The number of imide groups is 1. The number of rotatable bonds is 3. The van der Waals surface area contributed by atoms with E-state index in [4.69, 9.17) is 0 Å². The van der Waals surface area contributed by atoms with Crippen LogP contribution < -0.4 is 0 Å². The van der Waals surface area contributed by atoms with Crippen LogP contribution >= 0.6 is 0 Å². The summed E-state index contributed by atoms with van der Waals surface area (Å²) in [7, 11) is 0. The van der Waals surface area contributed by atoms with Gasteiger partial charge < -0.3 is 4.84 Å². The zero-order chi connectivity index (χ0) is 19.0. The largest absolute Gasteiger partial charge is 0.435 e. The van der Waals surface area contributed by atoms with Gasteiger partial charge in [-0.15, -0.1) is 5.06 Å². The molecule has 3 aliphatic rings. The molecule has 26 heavy (non-hydrogen) atoms. The highest BCUT2D eigenvalue weighted by Crippen LogP contribution is 2.68. The predicted octanol–water partition coefficient (Wildman–Crippen LogP) is 1.72. The second-order valence-electron chi connectivity index (χ2n) is 6.38. The maximum Gasteiger partial charge on any atom is 0.435 e. The molecule has 12 heteroatoms. The van der Waals surface area contributed by atoms with E-state index >= 15 is 0 Å². The molecule has 2 aliphatic carbocycles. The Morgan fingerprint density at radius 2 is 1.85 bits per heavy atom. The molecule has 1 saturated carbocycles. The number of halogens is 5. The molecule has 0 bridgehead atoms. The number of hydrogen-bond donors (Lipinski definition) is 0. The summed E-state index contributed by atoms with van der Waals surface area (Å²) in [6.07, 6.45) is -5.38. The van der Waals surface area contributed by atoms with Gasteiger partial charge in [0.25, 0.3) is 17.7 Å². The molecule has 2 fully saturated rings. The van der Waals surface area contributed by atoms with Crippen LogP contribution in [-0.2, 0) is 37.9 Å². The van der Waals surface area contributed by atoms with Gasteiger partial charge in [0, 0.05) is 24.3 Å². The van der Waals surface area contributed by atoms with Gasteiger partial charge in [0.1, 0.15) is 12.2 Å². The van der Waals surface area contributed by atoms with E-state index < -0.39 is 65.2 Å². The first-order valence-corrected chi connectivity index (χ1v) is 7.64. The average Bonchev–Trinajstić information content (AvgIpc) is 3.08. The zero-order valence-electron chi connectivity index (χ0n) is 12.8. The van der Waals surface area contributed by atoms with Crippen LogP contribution in [0.5, 0.6) is 0 Å². The van der Waals surface area contributed by atoms with E-state index in [1.807, 2.05) is 0 Å². The van der Waals surface area contributed by atoms with E-state index in [9.17, 15) is 36.3 Å². The van der Waals surface area contributed by atoms with Gasteiger partial charge in [0.15, 0.2) is 5.69 Å². The standard InChI is InChI=1S/C14H10F5N3O4/c15-13(16)6-3-5(6)10-11(14(17,18)19)20-21(12(10)13)4-9(25)26-22-7(23)1-2-8(22)24/h5-6H,1-4H2/t5-,6?/m0/s1. The first-order chi connectivity index (χ1) is 12.0. The number of aromatic nitrogens is 2. The van der Waals surface area contributed by atoms with Crippen LogP contribution in [0.2, 0.25) is 0 Å². The number of hydroxylamine groups is 2. The topological polar surface area (TPSA) is 81.5 Å². The first kappa shape index (κ1) is 16.9. The van der Waals surface area contributed by atoms with Gasteiger partial charge >= 0.3 is 12.1 Å². The van der Waals surface area contributed by atoms with E-state index in [0.29, 0.717) is 0 Å². The van der Waals surface area contributed by atoms with Gasteiger partial charge in [0.2, 0.25) is 0 Å². The molecule has 1 saturated heterocycles. The molecule has 140 valence electrons. The average molecular weight is 379 g/mol. The summed E-state index contributed by atoms with van der Waals surface area (Å²) in [5, 5.41) is 3.34. The number of carbonyl (C=O) groups excluding carboxylic acids is 3. The third kappa shape index (κ3) is 2.31. The molecular formula is C14H10F5N3O4. The predicted molar refractivity (Wildman–Crippen MR) is 69.2 cm³/mol. The monoisotopic (exact) mass is 379 g/mol. The van der Waals surface area contributed by atoms with Gasteiger partial charge in [0.05, 0.1) is 0 Å². The second kappa shape index (κ2) is 5.01. The minimum atomic E-state index is -4.95. The number of fused-ring (bicyclic) bond motifs is 3. The fourth-order valence-electron chi connectivity index (χ4n) is 3.50. The summed E-state index contributed by atoms with van der Waals surface area (Å²) in [6, 6.07) is 0. The number of amides is 2. The van der Waals surface area contributed by atoms with Gasteiger partial charge in [-0.2, -0.15) is 27.1 Å². The van der Waals surface area contributed by atoms with Crippen molar-refractivity contribution in [2.24, 2.45) is 5.92 Å². The summed E-state index contributed by atoms with van der Waals surface area (Å²) in [4.78, 5) is 39.1. The molecule has 2 atom stereocenters. The summed E-state index contributed by atoms with van der Waals surface area (Å²) in [5.41, 5.74) is -2.99. The van der Waals surface area contributed by atoms with Crippen LogP contribution in [-0.4, -0.2) is 32.6 Å². The zero-order valence-corrected chi connectivity index (χ0v) is 12.8. The van der Waals surface area contributed by atoms with Crippen LogP contribution in [0, 0.1) is 5.92 Å². The Morgan fingerprint density at radius 3 is 2.42 bits per heavy atom. The van der Waals surface area contributed by atoms with E-state index in [1.54, 1.807) is 0 Å². The molecule has 1 aromatic rings. The van der Waals surface area contributed by atoms with Crippen LogP contribution in [0.1, 0.15) is 42.1 Å². The fourth-order valence-corrected chi connectivity index (χ4v) is 3.50. The summed E-state index contributed by atoms with van der Waals surface area (Å²) >= 11 is 0. The smallest absolute Gasteiger partial charge is 0.328 e. The lowest BCUT2D eigenvalue weighted by atomic mass is 10.1. The molecule has 1 unspecified atom stereocenters. The second-order valence-corrected chi connectivity index (χ2v) is 6.38. The van der Waals surface area contributed by atoms with Crippen molar-refractivity contribution in [1.29, 1.82) is 0 Å². The molecule has 0 radical (unpaired) electrons. The lowest BCUT2D eigenvalue weighted by Crippen LogP contribution is -2.34. The van der Waals surface area contributed by atoms with E-state index in [1.165, 1.54) is 0 Å².